The van der Waals surface area contributed by atoms with Gasteiger partial charge in [-0.05, 0) is 37.7 Å². The number of hydrogen-bond donors (Lipinski definition) is 1. The van der Waals surface area contributed by atoms with Gasteiger partial charge in [-0.2, -0.15) is 23.4 Å². The van der Waals surface area contributed by atoms with E-state index in [0.717, 1.165) is 56.9 Å². The van der Waals surface area contributed by atoms with Crippen molar-refractivity contribution in [3.63, 3.8) is 0 Å². The van der Waals surface area contributed by atoms with Crippen LogP contribution in [0.25, 0.3) is 27.6 Å². The van der Waals surface area contributed by atoms with E-state index in [0.29, 0.717) is 47.0 Å². The fourth-order valence-corrected chi connectivity index (χ4v) is 7.86. The number of H-pyrrole nitrogens is 1. The van der Waals surface area contributed by atoms with E-state index in [1.54, 1.807) is 18.5 Å². The molecule has 3 aliphatic heterocycles. The maximum atomic E-state index is 13.8. The number of methoxy groups -OCH3 is 1. The first-order valence-corrected chi connectivity index (χ1v) is 15.6. The Balaban J connectivity index is 1.04. The van der Waals surface area contributed by atoms with Crippen LogP contribution in [0.4, 0.5) is 13.2 Å². The van der Waals surface area contributed by atoms with Crippen molar-refractivity contribution < 1.29 is 27.4 Å². The number of aromatic nitrogens is 6. The van der Waals surface area contributed by atoms with E-state index in [1.807, 2.05) is 4.90 Å². The van der Waals surface area contributed by atoms with Gasteiger partial charge < -0.3 is 14.4 Å². The highest BCUT2D eigenvalue weighted by Crippen LogP contribution is 2.41. The molecule has 0 atom stereocenters. The van der Waals surface area contributed by atoms with Gasteiger partial charge in [-0.25, -0.2) is 14.5 Å². The second-order valence-electron chi connectivity index (χ2n) is 12.0. The number of fused-ring (bicyclic) bond motifs is 1. The lowest BCUT2D eigenvalue weighted by molar-refractivity contribution is -0.140. The Morgan fingerprint density at radius 1 is 1.20 bits per heavy atom. The lowest BCUT2D eigenvalue weighted by atomic mass is 9.73. The zero-order valence-electron chi connectivity index (χ0n) is 24.3. The number of likely N-dealkylation sites (tertiary alicyclic amines) is 2. The summed E-state index contributed by atoms with van der Waals surface area (Å²) in [7, 11) is 1.47. The highest BCUT2D eigenvalue weighted by atomic mass is 32.1. The van der Waals surface area contributed by atoms with E-state index in [-0.39, 0.29) is 28.8 Å². The van der Waals surface area contributed by atoms with Crippen molar-refractivity contribution in [2.45, 2.75) is 44.2 Å². The average molecular weight is 631 g/mol. The summed E-state index contributed by atoms with van der Waals surface area (Å²) in [5.41, 5.74) is 1.64. The fraction of sp³-hybridized carbons (Fsp3) is 0.552. The summed E-state index contributed by atoms with van der Waals surface area (Å²) < 4.78 is 53.8. The molecular weight excluding hydrogens is 597 g/mol. The molecule has 1 N–H and O–H groups in total. The Morgan fingerprint density at radius 3 is 2.70 bits per heavy atom. The SMILES string of the molecule is COc1cc(-c2[nH]nc(-c3ncc(C4CCN(C(=O)CN5CC6(CCOCC6)C5)CC4)s3)c2CC(F)(F)F)cn2ncnc12. The molecule has 1 spiro atoms. The Bertz CT molecular complexity index is 1640. The molecular formula is C29H33F3N8O3S. The van der Waals surface area contributed by atoms with Gasteiger partial charge in [-0.3, -0.25) is 14.8 Å². The number of pyridine rings is 1. The van der Waals surface area contributed by atoms with E-state index >= 15 is 0 Å². The van der Waals surface area contributed by atoms with Crippen LogP contribution in [-0.2, 0) is 16.0 Å². The van der Waals surface area contributed by atoms with E-state index in [4.69, 9.17) is 9.47 Å². The van der Waals surface area contributed by atoms with Crippen molar-refractivity contribution in [2.24, 2.45) is 5.41 Å². The molecule has 11 nitrogen and oxygen atoms in total. The molecule has 234 valence electrons. The lowest BCUT2D eigenvalue weighted by Gasteiger charge is -2.52. The molecule has 7 heterocycles. The van der Waals surface area contributed by atoms with Crippen LogP contribution < -0.4 is 4.74 Å². The van der Waals surface area contributed by atoms with Crippen molar-refractivity contribution in [3.8, 4) is 27.7 Å². The predicted molar refractivity (Wildman–Crippen MR) is 155 cm³/mol. The zero-order chi connectivity index (χ0) is 30.5. The van der Waals surface area contributed by atoms with Crippen molar-refractivity contribution in [2.75, 3.05) is 53.0 Å². The summed E-state index contributed by atoms with van der Waals surface area (Å²) in [6, 6.07) is 1.62. The number of nitrogens with zero attached hydrogens (tertiary/aromatic N) is 7. The van der Waals surface area contributed by atoms with E-state index < -0.39 is 12.6 Å². The molecule has 3 fully saturated rings. The van der Waals surface area contributed by atoms with Gasteiger partial charge in [-0.15, -0.1) is 11.3 Å². The highest BCUT2D eigenvalue weighted by molar-refractivity contribution is 7.15. The number of halogens is 3. The second kappa shape index (κ2) is 11.4. The van der Waals surface area contributed by atoms with Crippen molar-refractivity contribution in [3.05, 3.63) is 35.2 Å². The third kappa shape index (κ3) is 5.68. The molecule has 3 saturated heterocycles. The number of hydrogen-bond acceptors (Lipinski definition) is 9. The molecule has 15 heteroatoms. The number of aromatic amines is 1. The minimum atomic E-state index is -4.46. The number of alkyl halides is 3. The number of thiazole rings is 1. The lowest BCUT2D eigenvalue weighted by Crippen LogP contribution is -2.60. The molecule has 0 radical (unpaired) electrons. The standard InChI is InChI=1S/C29H33F3N8O3S/c1-42-21-10-19(13-40-26(21)34-17-35-40)24-20(11-29(30,31)32)25(37-36-24)27-33-12-22(44-27)18-2-6-39(7-3-18)23(41)14-38-15-28(16-38)4-8-43-9-5-28/h10,12-13,17-18H,2-9,11,14-16H2,1H3,(H,36,37). The van der Waals surface area contributed by atoms with Gasteiger partial charge in [0.1, 0.15) is 17.0 Å². The van der Waals surface area contributed by atoms with Crippen molar-refractivity contribution >= 4 is 22.9 Å². The molecule has 0 bridgehead atoms. The third-order valence-corrected chi connectivity index (χ3v) is 10.3. The summed E-state index contributed by atoms with van der Waals surface area (Å²) in [4.78, 5) is 26.8. The Labute approximate surface area is 255 Å². The number of nitrogens with one attached hydrogen (secondary N) is 1. The van der Waals surface area contributed by atoms with Crippen LogP contribution >= 0.6 is 11.3 Å². The number of carbonyl (C=O) groups excluding carboxylic acids is 1. The molecule has 4 aromatic heterocycles. The van der Waals surface area contributed by atoms with Gasteiger partial charge >= 0.3 is 6.18 Å². The third-order valence-electron chi connectivity index (χ3n) is 9.10. The smallest absolute Gasteiger partial charge is 0.393 e. The number of rotatable bonds is 7. The Morgan fingerprint density at radius 2 is 1.98 bits per heavy atom. The number of piperidine rings is 1. The van der Waals surface area contributed by atoms with Gasteiger partial charge in [0.05, 0.1) is 25.8 Å². The normalized spacial score (nSPS) is 19.5. The Hall–Kier alpha value is -3.56. The van der Waals surface area contributed by atoms with E-state index in [2.05, 4.69) is 30.2 Å². The fourth-order valence-electron chi connectivity index (χ4n) is 6.76. The molecule has 0 saturated carbocycles. The molecule has 7 rings (SSSR count). The first-order valence-electron chi connectivity index (χ1n) is 14.8. The van der Waals surface area contributed by atoms with Gasteiger partial charge in [-0.1, -0.05) is 0 Å². The number of amides is 1. The highest BCUT2D eigenvalue weighted by Gasteiger charge is 2.44. The minimum absolute atomic E-state index is 0.00820. The predicted octanol–water partition coefficient (Wildman–Crippen LogP) is 4.17. The molecule has 44 heavy (non-hydrogen) atoms. The van der Waals surface area contributed by atoms with Crippen LogP contribution in [0, 0.1) is 5.41 Å². The summed E-state index contributed by atoms with van der Waals surface area (Å²) in [6.07, 6.45) is 2.77. The molecule has 4 aromatic rings. The van der Waals surface area contributed by atoms with Crippen molar-refractivity contribution in [1.29, 1.82) is 0 Å². The van der Waals surface area contributed by atoms with Gasteiger partial charge in [0, 0.05) is 73.2 Å². The molecule has 0 unspecified atom stereocenters. The zero-order valence-corrected chi connectivity index (χ0v) is 25.1. The van der Waals surface area contributed by atoms with E-state index in [9.17, 15) is 18.0 Å². The first kappa shape index (κ1) is 29.2. The summed E-state index contributed by atoms with van der Waals surface area (Å²) in [6.45, 7) is 5.33. The van der Waals surface area contributed by atoms with Crippen LogP contribution in [0.5, 0.6) is 5.75 Å². The van der Waals surface area contributed by atoms with Crippen molar-refractivity contribution in [1.82, 2.24) is 39.6 Å². The monoisotopic (exact) mass is 630 g/mol. The molecule has 1 amide bonds. The number of carbonyl (C=O) groups is 1. The molecule has 0 aromatic carbocycles. The number of ether oxygens (including phenoxy) is 2. The molecule has 0 aliphatic carbocycles. The first-order chi connectivity index (χ1) is 21.2. The van der Waals surface area contributed by atoms with E-state index in [1.165, 1.54) is 29.3 Å². The molecule has 3 aliphatic rings. The summed E-state index contributed by atoms with van der Waals surface area (Å²) in [5.74, 6) is 0.726. The van der Waals surface area contributed by atoms with Crippen LogP contribution in [0.2, 0.25) is 0 Å². The van der Waals surface area contributed by atoms with Crippen LogP contribution in [-0.4, -0.2) is 105 Å². The van der Waals surface area contributed by atoms with Crippen LogP contribution in [0.15, 0.2) is 24.8 Å². The second-order valence-corrected chi connectivity index (χ2v) is 13.1. The van der Waals surface area contributed by atoms with Gasteiger partial charge in [0.15, 0.2) is 11.4 Å². The van der Waals surface area contributed by atoms with Crippen LogP contribution in [0.1, 0.15) is 42.0 Å². The maximum absolute atomic E-state index is 13.8. The van der Waals surface area contributed by atoms with Crippen LogP contribution in [0.3, 0.4) is 0 Å². The largest absolute Gasteiger partial charge is 0.493 e. The Kier molecular flexibility index (Phi) is 7.57. The topological polar surface area (TPSA) is 114 Å². The van der Waals surface area contributed by atoms with Gasteiger partial charge in [0.2, 0.25) is 5.91 Å². The van der Waals surface area contributed by atoms with Gasteiger partial charge in [0.25, 0.3) is 0 Å². The summed E-state index contributed by atoms with van der Waals surface area (Å²) in [5, 5.41) is 11.7. The maximum Gasteiger partial charge on any atom is 0.393 e. The quantitative estimate of drug-likeness (QED) is 0.324. The average Bonchev–Trinajstić information content (AvgIpc) is 3.75. The summed E-state index contributed by atoms with van der Waals surface area (Å²) >= 11 is 1.36. The minimum Gasteiger partial charge on any atom is -0.493 e.